The molecule has 0 radical (unpaired) electrons. The fourth-order valence-electron chi connectivity index (χ4n) is 1.30. The van der Waals surface area contributed by atoms with Gasteiger partial charge in [-0.05, 0) is 18.1 Å². The monoisotopic (exact) mass is 224 g/mol. The molecule has 16 heavy (non-hydrogen) atoms. The predicted molar refractivity (Wildman–Crippen MR) is 63.6 cm³/mol. The number of methoxy groups -OCH3 is 1. The maximum absolute atomic E-state index is 5.37. The molecule has 0 amide bonds. The van der Waals surface area contributed by atoms with Crippen LogP contribution in [0.2, 0.25) is 0 Å². The van der Waals surface area contributed by atoms with Crippen LogP contribution < -0.4 is 10.1 Å². The van der Waals surface area contributed by atoms with Gasteiger partial charge in [0.2, 0.25) is 5.88 Å². The number of aromatic nitrogens is 1. The molecule has 0 atom stereocenters. The average molecular weight is 224 g/mol. The molecular weight excluding hydrogens is 204 g/mol. The SMILES string of the molecule is CCCOCCNCc1ccnc(OC)c1. The van der Waals surface area contributed by atoms with Crippen LogP contribution in [0.25, 0.3) is 0 Å². The Morgan fingerprint density at radius 3 is 3.00 bits per heavy atom. The van der Waals surface area contributed by atoms with Gasteiger partial charge < -0.3 is 14.8 Å². The van der Waals surface area contributed by atoms with Crippen molar-refractivity contribution in [2.24, 2.45) is 0 Å². The van der Waals surface area contributed by atoms with Gasteiger partial charge in [0.05, 0.1) is 13.7 Å². The molecule has 0 unspecified atom stereocenters. The molecule has 0 aliphatic heterocycles. The number of hydrogen-bond donors (Lipinski definition) is 1. The molecule has 1 aromatic rings. The standard InChI is InChI=1S/C12H20N2O2/c1-3-7-16-8-6-13-10-11-4-5-14-12(9-11)15-2/h4-5,9,13H,3,6-8,10H2,1-2H3. The topological polar surface area (TPSA) is 43.4 Å². The van der Waals surface area contributed by atoms with Gasteiger partial charge in [0.1, 0.15) is 0 Å². The van der Waals surface area contributed by atoms with Crippen molar-refractivity contribution in [3.8, 4) is 5.88 Å². The summed E-state index contributed by atoms with van der Waals surface area (Å²) < 4.78 is 10.4. The van der Waals surface area contributed by atoms with E-state index in [1.807, 2.05) is 12.1 Å². The molecule has 1 rings (SSSR count). The summed E-state index contributed by atoms with van der Waals surface area (Å²) in [7, 11) is 1.62. The van der Waals surface area contributed by atoms with E-state index in [2.05, 4.69) is 17.2 Å². The zero-order chi connectivity index (χ0) is 11.6. The van der Waals surface area contributed by atoms with Crippen LogP contribution in [0.5, 0.6) is 5.88 Å². The minimum Gasteiger partial charge on any atom is -0.481 e. The summed E-state index contributed by atoms with van der Waals surface area (Å²) in [6.45, 7) is 5.39. The molecule has 0 fully saturated rings. The van der Waals surface area contributed by atoms with Gasteiger partial charge in [0.25, 0.3) is 0 Å². The molecular formula is C12H20N2O2. The molecule has 0 aromatic carbocycles. The van der Waals surface area contributed by atoms with Crippen LogP contribution in [-0.2, 0) is 11.3 Å². The van der Waals surface area contributed by atoms with Gasteiger partial charge in [-0.2, -0.15) is 0 Å². The molecule has 1 aromatic heterocycles. The minimum absolute atomic E-state index is 0.654. The van der Waals surface area contributed by atoms with E-state index in [-0.39, 0.29) is 0 Å². The fraction of sp³-hybridized carbons (Fsp3) is 0.583. The normalized spacial score (nSPS) is 10.4. The van der Waals surface area contributed by atoms with Crippen molar-refractivity contribution in [2.75, 3.05) is 26.9 Å². The number of ether oxygens (including phenoxy) is 2. The second-order valence-electron chi connectivity index (χ2n) is 3.50. The summed E-state index contributed by atoms with van der Waals surface area (Å²) in [5, 5.41) is 3.30. The molecule has 1 heterocycles. The van der Waals surface area contributed by atoms with Crippen LogP contribution in [0.4, 0.5) is 0 Å². The molecule has 0 saturated carbocycles. The molecule has 0 bridgehead atoms. The fourth-order valence-corrected chi connectivity index (χ4v) is 1.30. The summed E-state index contributed by atoms with van der Waals surface area (Å²) in [4.78, 5) is 4.05. The lowest BCUT2D eigenvalue weighted by atomic mass is 10.2. The van der Waals surface area contributed by atoms with Gasteiger partial charge in [-0.25, -0.2) is 4.98 Å². The third-order valence-electron chi connectivity index (χ3n) is 2.11. The van der Waals surface area contributed by atoms with Crippen molar-refractivity contribution in [2.45, 2.75) is 19.9 Å². The molecule has 0 aliphatic carbocycles. The van der Waals surface area contributed by atoms with Crippen molar-refractivity contribution in [1.29, 1.82) is 0 Å². The minimum atomic E-state index is 0.654. The summed E-state index contributed by atoms with van der Waals surface area (Å²) >= 11 is 0. The Morgan fingerprint density at radius 2 is 2.25 bits per heavy atom. The van der Waals surface area contributed by atoms with E-state index < -0.39 is 0 Å². The first kappa shape index (κ1) is 12.9. The third kappa shape index (κ3) is 5.09. The van der Waals surface area contributed by atoms with E-state index in [0.717, 1.165) is 32.7 Å². The van der Waals surface area contributed by atoms with E-state index in [9.17, 15) is 0 Å². The molecule has 1 N–H and O–H groups in total. The summed E-state index contributed by atoms with van der Waals surface area (Å²) in [6, 6.07) is 3.91. The quantitative estimate of drug-likeness (QED) is 0.681. The van der Waals surface area contributed by atoms with Crippen LogP contribution in [0.15, 0.2) is 18.3 Å². The lowest BCUT2D eigenvalue weighted by Crippen LogP contribution is -2.19. The zero-order valence-corrected chi connectivity index (χ0v) is 10.0. The van der Waals surface area contributed by atoms with E-state index in [0.29, 0.717) is 5.88 Å². The Morgan fingerprint density at radius 1 is 1.38 bits per heavy atom. The van der Waals surface area contributed by atoms with Gasteiger partial charge in [-0.3, -0.25) is 0 Å². The van der Waals surface area contributed by atoms with Crippen LogP contribution in [0, 0.1) is 0 Å². The smallest absolute Gasteiger partial charge is 0.213 e. The molecule has 0 aliphatic rings. The average Bonchev–Trinajstić information content (AvgIpc) is 2.34. The van der Waals surface area contributed by atoms with Crippen LogP contribution in [0.3, 0.4) is 0 Å². The van der Waals surface area contributed by atoms with Crippen LogP contribution >= 0.6 is 0 Å². The lowest BCUT2D eigenvalue weighted by Gasteiger charge is -2.06. The molecule has 4 heteroatoms. The number of rotatable bonds is 8. The number of nitrogens with one attached hydrogen (secondary N) is 1. The first-order valence-corrected chi connectivity index (χ1v) is 5.64. The van der Waals surface area contributed by atoms with Crippen molar-refractivity contribution in [3.05, 3.63) is 23.9 Å². The maximum atomic E-state index is 5.37. The Labute approximate surface area is 97.0 Å². The Balaban J connectivity index is 2.16. The molecule has 0 saturated heterocycles. The first-order chi connectivity index (χ1) is 7.86. The van der Waals surface area contributed by atoms with Gasteiger partial charge in [-0.15, -0.1) is 0 Å². The molecule has 0 spiro atoms. The van der Waals surface area contributed by atoms with Crippen LogP contribution in [-0.4, -0.2) is 31.9 Å². The Hall–Kier alpha value is -1.13. The summed E-state index contributed by atoms with van der Waals surface area (Å²) in [6.07, 6.45) is 2.82. The number of hydrogen-bond acceptors (Lipinski definition) is 4. The number of nitrogens with zero attached hydrogens (tertiary/aromatic N) is 1. The van der Waals surface area contributed by atoms with E-state index in [1.165, 1.54) is 5.56 Å². The van der Waals surface area contributed by atoms with Crippen molar-refractivity contribution >= 4 is 0 Å². The van der Waals surface area contributed by atoms with Crippen LogP contribution in [0.1, 0.15) is 18.9 Å². The Bertz CT molecular complexity index is 292. The zero-order valence-electron chi connectivity index (χ0n) is 10.0. The van der Waals surface area contributed by atoms with Gasteiger partial charge in [0, 0.05) is 32.0 Å². The highest BCUT2D eigenvalue weighted by Crippen LogP contribution is 2.07. The highest BCUT2D eigenvalue weighted by atomic mass is 16.5. The summed E-state index contributed by atoms with van der Waals surface area (Å²) in [5.41, 5.74) is 1.17. The summed E-state index contributed by atoms with van der Waals surface area (Å²) in [5.74, 6) is 0.654. The van der Waals surface area contributed by atoms with Crippen molar-refractivity contribution in [1.82, 2.24) is 10.3 Å². The highest BCUT2D eigenvalue weighted by molar-refractivity contribution is 5.20. The first-order valence-electron chi connectivity index (χ1n) is 5.64. The maximum Gasteiger partial charge on any atom is 0.213 e. The van der Waals surface area contributed by atoms with E-state index in [1.54, 1.807) is 13.3 Å². The largest absolute Gasteiger partial charge is 0.481 e. The van der Waals surface area contributed by atoms with Crippen molar-refractivity contribution < 1.29 is 9.47 Å². The van der Waals surface area contributed by atoms with E-state index in [4.69, 9.17) is 9.47 Å². The number of pyridine rings is 1. The Kier molecular flexibility index (Phi) is 6.53. The van der Waals surface area contributed by atoms with Gasteiger partial charge in [-0.1, -0.05) is 6.92 Å². The second kappa shape index (κ2) is 8.07. The van der Waals surface area contributed by atoms with Crippen molar-refractivity contribution in [3.63, 3.8) is 0 Å². The van der Waals surface area contributed by atoms with Gasteiger partial charge >= 0.3 is 0 Å². The van der Waals surface area contributed by atoms with E-state index >= 15 is 0 Å². The molecule has 90 valence electrons. The molecule has 4 nitrogen and oxygen atoms in total. The highest BCUT2D eigenvalue weighted by Gasteiger charge is 1.96. The van der Waals surface area contributed by atoms with Gasteiger partial charge in [0.15, 0.2) is 0 Å². The third-order valence-corrected chi connectivity index (χ3v) is 2.11. The lowest BCUT2D eigenvalue weighted by molar-refractivity contribution is 0.136. The predicted octanol–water partition coefficient (Wildman–Crippen LogP) is 1.61. The second-order valence-corrected chi connectivity index (χ2v) is 3.50.